The third kappa shape index (κ3) is 3.54. The van der Waals surface area contributed by atoms with Gasteiger partial charge in [0.15, 0.2) is 5.82 Å². The Balaban J connectivity index is 1.68. The molecular formula is C15H15N5OS2. The second kappa shape index (κ2) is 6.84. The van der Waals surface area contributed by atoms with Gasteiger partial charge >= 0.3 is 0 Å². The van der Waals surface area contributed by atoms with Gasteiger partial charge < -0.3 is 11.2 Å². The van der Waals surface area contributed by atoms with Gasteiger partial charge in [-0.3, -0.25) is 4.79 Å². The summed E-state index contributed by atoms with van der Waals surface area (Å²) < 4.78 is 1.42. The van der Waals surface area contributed by atoms with Crippen LogP contribution in [-0.4, -0.2) is 26.0 Å². The van der Waals surface area contributed by atoms with E-state index in [0.29, 0.717) is 11.0 Å². The summed E-state index contributed by atoms with van der Waals surface area (Å²) in [7, 11) is 0. The molecule has 118 valence electrons. The fourth-order valence-corrected chi connectivity index (χ4v) is 3.38. The van der Waals surface area contributed by atoms with Crippen LogP contribution < -0.4 is 11.2 Å². The number of aromatic nitrogens is 3. The molecule has 0 fully saturated rings. The van der Waals surface area contributed by atoms with Crippen molar-refractivity contribution in [1.82, 2.24) is 14.9 Å². The Morgan fingerprint density at radius 2 is 2.04 bits per heavy atom. The highest BCUT2D eigenvalue weighted by atomic mass is 32.2. The molecule has 1 atom stereocenters. The summed E-state index contributed by atoms with van der Waals surface area (Å²) in [5, 5.41) is 13.1. The third-order valence-electron chi connectivity index (χ3n) is 3.10. The first-order chi connectivity index (χ1) is 11.1. The van der Waals surface area contributed by atoms with Gasteiger partial charge in [0.2, 0.25) is 11.1 Å². The molecule has 0 radical (unpaired) electrons. The van der Waals surface area contributed by atoms with Crippen molar-refractivity contribution in [2.75, 3.05) is 11.2 Å². The van der Waals surface area contributed by atoms with Gasteiger partial charge in [0.25, 0.3) is 0 Å². The molecule has 0 aliphatic carbocycles. The van der Waals surface area contributed by atoms with E-state index in [4.69, 9.17) is 5.84 Å². The van der Waals surface area contributed by atoms with Gasteiger partial charge in [-0.05, 0) is 30.5 Å². The number of anilines is 1. The summed E-state index contributed by atoms with van der Waals surface area (Å²) >= 11 is 2.81. The molecule has 2 aromatic heterocycles. The van der Waals surface area contributed by atoms with Crippen molar-refractivity contribution in [3.63, 3.8) is 0 Å². The zero-order chi connectivity index (χ0) is 16.2. The molecule has 0 saturated heterocycles. The average molecular weight is 345 g/mol. The molecule has 6 nitrogen and oxygen atoms in total. The summed E-state index contributed by atoms with van der Waals surface area (Å²) in [4.78, 5) is 13.2. The molecule has 1 aromatic carbocycles. The number of benzene rings is 1. The Labute approximate surface area is 141 Å². The molecule has 0 aliphatic rings. The van der Waals surface area contributed by atoms with E-state index in [0.717, 1.165) is 10.6 Å². The molecule has 0 aliphatic heterocycles. The minimum Gasteiger partial charge on any atom is -0.335 e. The van der Waals surface area contributed by atoms with E-state index < -0.39 is 0 Å². The predicted octanol–water partition coefficient (Wildman–Crippen LogP) is 2.84. The van der Waals surface area contributed by atoms with Crippen LogP contribution in [0, 0.1) is 0 Å². The van der Waals surface area contributed by atoms with Crippen LogP contribution in [0.25, 0.3) is 10.7 Å². The van der Waals surface area contributed by atoms with Crippen LogP contribution in [0.1, 0.15) is 6.92 Å². The SMILES string of the molecule is CC(Sc1nnc(-c2cccs2)n1N)C(=O)Nc1ccccc1. The summed E-state index contributed by atoms with van der Waals surface area (Å²) in [6.45, 7) is 1.81. The molecule has 0 saturated carbocycles. The zero-order valence-corrected chi connectivity index (χ0v) is 14.0. The number of thiophene rings is 1. The van der Waals surface area contributed by atoms with Crippen molar-refractivity contribution in [3.8, 4) is 10.7 Å². The first-order valence-corrected chi connectivity index (χ1v) is 8.68. The molecule has 23 heavy (non-hydrogen) atoms. The highest BCUT2D eigenvalue weighted by Crippen LogP contribution is 2.27. The minimum absolute atomic E-state index is 0.109. The number of para-hydroxylation sites is 1. The Morgan fingerprint density at radius 1 is 1.26 bits per heavy atom. The molecule has 1 amide bonds. The maximum Gasteiger partial charge on any atom is 0.237 e. The lowest BCUT2D eigenvalue weighted by Gasteiger charge is -2.11. The van der Waals surface area contributed by atoms with E-state index >= 15 is 0 Å². The first-order valence-electron chi connectivity index (χ1n) is 6.92. The topological polar surface area (TPSA) is 85.8 Å². The minimum atomic E-state index is -0.349. The lowest BCUT2D eigenvalue weighted by atomic mass is 10.3. The Hall–Kier alpha value is -2.32. The number of carbonyl (C=O) groups is 1. The van der Waals surface area contributed by atoms with E-state index in [1.54, 1.807) is 0 Å². The van der Waals surface area contributed by atoms with Crippen LogP contribution >= 0.6 is 23.1 Å². The number of nitrogen functional groups attached to an aromatic ring is 1. The predicted molar refractivity (Wildman–Crippen MR) is 93.9 cm³/mol. The Kier molecular flexibility index (Phi) is 4.63. The summed E-state index contributed by atoms with van der Waals surface area (Å²) in [6, 6.07) is 13.2. The maximum atomic E-state index is 12.2. The zero-order valence-electron chi connectivity index (χ0n) is 12.3. The van der Waals surface area contributed by atoms with Crippen LogP contribution in [0.15, 0.2) is 53.0 Å². The Morgan fingerprint density at radius 3 is 2.74 bits per heavy atom. The lowest BCUT2D eigenvalue weighted by molar-refractivity contribution is -0.115. The number of amides is 1. The van der Waals surface area contributed by atoms with Crippen molar-refractivity contribution < 1.29 is 4.79 Å². The van der Waals surface area contributed by atoms with Gasteiger partial charge in [0.1, 0.15) is 0 Å². The van der Waals surface area contributed by atoms with E-state index in [1.165, 1.54) is 27.8 Å². The lowest BCUT2D eigenvalue weighted by Crippen LogP contribution is -2.23. The number of nitrogens with one attached hydrogen (secondary N) is 1. The van der Waals surface area contributed by atoms with E-state index in [-0.39, 0.29) is 11.2 Å². The van der Waals surface area contributed by atoms with Gasteiger partial charge in [0, 0.05) is 5.69 Å². The van der Waals surface area contributed by atoms with Crippen molar-refractivity contribution in [2.24, 2.45) is 0 Å². The summed E-state index contributed by atoms with van der Waals surface area (Å²) in [6.07, 6.45) is 0. The molecule has 1 unspecified atom stereocenters. The summed E-state index contributed by atoms with van der Waals surface area (Å²) in [5.74, 6) is 6.53. The molecule has 3 N–H and O–H groups in total. The second-order valence-corrected chi connectivity index (χ2v) is 7.02. The monoisotopic (exact) mass is 345 g/mol. The summed E-state index contributed by atoms with van der Waals surface area (Å²) in [5.41, 5.74) is 0.762. The van der Waals surface area contributed by atoms with Gasteiger partial charge in [-0.15, -0.1) is 21.5 Å². The van der Waals surface area contributed by atoms with Gasteiger partial charge in [-0.2, -0.15) is 0 Å². The number of carbonyl (C=O) groups excluding carboxylic acids is 1. The molecule has 0 bridgehead atoms. The maximum absolute atomic E-state index is 12.2. The fraction of sp³-hybridized carbons (Fsp3) is 0.133. The Bertz CT molecular complexity index is 786. The largest absolute Gasteiger partial charge is 0.335 e. The number of hydrogen-bond acceptors (Lipinski definition) is 6. The number of rotatable bonds is 5. The van der Waals surface area contributed by atoms with Crippen LogP contribution in [0.3, 0.4) is 0 Å². The standard InChI is InChI=1S/C15H15N5OS2/c1-10(14(21)17-11-6-3-2-4-7-11)23-15-19-18-13(20(15)16)12-8-5-9-22-12/h2-10H,16H2,1H3,(H,17,21). The average Bonchev–Trinajstić information content (AvgIpc) is 3.19. The molecule has 3 rings (SSSR count). The van der Waals surface area contributed by atoms with E-state index in [1.807, 2.05) is 54.8 Å². The molecule has 2 heterocycles. The second-order valence-electron chi connectivity index (χ2n) is 4.77. The molecular weight excluding hydrogens is 330 g/mol. The van der Waals surface area contributed by atoms with Crippen molar-refractivity contribution in [1.29, 1.82) is 0 Å². The van der Waals surface area contributed by atoms with Crippen molar-refractivity contribution in [3.05, 3.63) is 47.8 Å². The van der Waals surface area contributed by atoms with Crippen LogP contribution in [0.2, 0.25) is 0 Å². The third-order valence-corrected chi connectivity index (χ3v) is 5.02. The smallest absolute Gasteiger partial charge is 0.237 e. The quantitative estimate of drug-likeness (QED) is 0.548. The highest BCUT2D eigenvalue weighted by molar-refractivity contribution is 8.00. The first kappa shape index (κ1) is 15.6. The van der Waals surface area contributed by atoms with Crippen LogP contribution in [0.4, 0.5) is 5.69 Å². The van der Waals surface area contributed by atoms with Gasteiger partial charge in [0.05, 0.1) is 10.1 Å². The molecule has 3 aromatic rings. The fourth-order valence-electron chi connectivity index (χ4n) is 1.91. The molecule has 8 heteroatoms. The highest BCUT2D eigenvalue weighted by Gasteiger charge is 2.20. The van der Waals surface area contributed by atoms with Gasteiger partial charge in [-0.25, -0.2) is 4.68 Å². The van der Waals surface area contributed by atoms with E-state index in [2.05, 4.69) is 15.5 Å². The van der Waals surface area contributed by atoms with Crippen molar-refractivity contribution in [2.45, 2.75) is 17.3 Å². The van der Waals surface area contributed by atoms with E-state index in [9.17, 15) is 4.79 Å². The number of nitrogens with two attached hydrogens (primary N) is 1. The van der Waals surface area contributed by atoms with Crippen LogP contribution in [-0.2, 0) is 4.79 Å². The van der Waals surface area contributed by atoms with Crippen LogP contribution in [0.5, 0.6) is 0 Å². The van der Waals surface area contributed by atoms with Crippen molar-refractivity contribution >= 4 is 34.7 Å². The molecule has 0 spiro atoms. The number of hydrogen-bond donors (Lipinski definition) is 2. The number of nitrogens with zero attached hydrogens (tertiary/aromatic N) is 3. The van der Waals surface area contributed by atoms with Gasteiger partial charge in [-0.1, -0.05) is 36.0 Å². The number of thioether (sulfide) groups is 1. The normalized spacial score (nSPS) is 12.0.